The molecule has 2 N–H and O–H groups in total. The van der Waals surface area contributed by atoms with E-state index in [0.717, 1.165) is 16.2 Å². The Balaban J connectivity index is 2.31. The van der Waals surface area contributed by atoms with Gasteiger partial charge in [0.05, 0.1) is 13.2 Å². The van der Waals surface area contributed by atoms with E-state index < -0.39 is 0 Å². The minimum absolute atomic E-state index is 0.473. The first-order chi connectivity index (χ1) is 6.72. The van der Waals surface area contributed by atoms with Gasteiger partial charge in [-0.2, -0.15) is 0 Å². The molecule has 0 radical (unpaired) electrons. The second kappa shape index (κ2) is 5.81. The summed E-state index contributed by atoms with van der Waals surface area (Å²) in [5, 5.41) is 0.736. The molecule has 76 valence electrons. The van der Waals surface area contributed by atoms with E-state index in [2.05, 4.69) is 6.58 Å². The van der Waals surface area contributed by atoms with Crippen molar-refractivity contribution in [2.75, 3.05) is 13.2 Å². The van der Waals surface area contributed by atoms with Gasteiger partial charge in [0.25, 0.3) is 0 Å². The molecule has 3 heteroatoms. The first-order valence-corrected chi connectivity index (χ1v) is 4.79. The van der Waals surface area contributed by atoms with E-state index in [-0.39, 0.29) is 0 Å². The lowest BCUT2D eigenvalue weighted by Gasteiger charge is -2.05. The number of benzene rings is 1. The van der Waals surface area contributed by atoms with Gasteiger partial charge in [0.1, 0.15) is 0 Å². The number of ether oxygens (including phenoxy) is 1. The zero-order valence-electron chi connectivity index (χ0n) is 8.00. The smallest absolute Gasteiger partial charge is 0.0721 e. The van der Waals surface area contributed by atoms with Crippen LogP contribution in [0.2, 0.25) is 5.02 Å². The van der Waals surface area contributed by atoms with Crippen LogP contribution in [-0.4, -0.2) is 13.2 Å². The van der Waals surface area contributed by atoms with Gasteiger partial charge in [-0.1, -0.05) is 30.3 Å². The second-order valence-corrected chi connectivity index (χ2v) is 3.51. The Bertz CT molecular complexity index is 295. The van der Waals surface area contributed by atoms with Crippen molar-refractivity contribution in [1.29, 1.82) is 0 Å². The molecule has 0 atom stereocenters. The van der Waals surface area contributed by atoms with Crippen molar-refractivity contribution in [2.24, 2.45) is 5.73 Å². The standard InChI is InChI=1S/C11H14ClNO/c1-9(6-13)7-14-8-10-2-4-11(12)5-3-10/h2-5H,1,6-8,13H2. The molecule has 0 aromatic heterocycles. The van der Waals surface area contributed by atoms with Crippen LogP contribution < -0.4 is 5.73 Å². The summed E-state index contributed by atoms with van der Waals surface area (Å²) >= 11 is 5.75. The molecule has 0 spiro atoms. The molecule has 0 heterocycles. The van der Waals surface area contributed by atoms with Crippen molar-refractivity contribution in [2.45, 2.75) is 6.61 Å². The van der Waals surface area contributed by atoms with E-state index in [1.807, 2.05) is 24.3 Å². The molecule has 0 aliphatic carbocycles. The monoisotopic (exact) mass is 211 g/mol. The van der Waals surface area contributed by atoms with Crippen molar-refractivity contribution >= 4 is 11.6 Å². The van der Waals surface area contributed by atoms with Crippen LogP contribution in [0.15, 0.2) is 36.4 Å². The highest BCUT2D eigenvalue weighted by molar-refractivity contribution is 6.30. The molecule has 0 fully saturated rings. The molecule has 1 rings (SSSR count). The quantitative estimate of drug-likeness (QED) is 0.759. The summed E-state index contributed by atoms with van der Waals surface area (Å²) in [4.78, 5) is 0. The Labute approximate surface area is 89.3 Å². The maximum atomic E-state index is 5.75. The number of halogens is 1. The number of hydrogen-bond donors (Lipinski definition) is 1. The molecular weight excluding hydrogens is 198 g/mol. The van der Waals surface area contributed by atoms with Gasteiger partial charge in [0.15, 0.2) is 0 Å². The van der Waals surface area contributed by atoms with Gasteiger partial charge in [0.2, 0.25) is 0 Å². The molecule has 0 saturated carbocycles. The SMILES string of the molecule is C=C(CN)COCc1ccc(Cl)cc1. The summed E-state index contributed by atoms with van der Waals surface area (Å²) in [6, 6.07) is 7.57. The minimum atomic E-state index is 0.473. The molecule has 0 aliphatic rings. The molecule has 1 aromatic carbocycles. The zero-order valence-corrected chi connectivity index (χ0v) is 8.76. The van der Waals surface area contributed by atoms with Gasteiger partial charge in [-0.25, -0.2) is 0 Å². The molecular formula is C11H14ClNO. The van der Waals surface area contributed by atoms with E-state index in [0.29, 0.717) is 19.8 Å². The molecule has 0 saturated heterocycles. The summed E-state index contributed by atoms with van der Waals surface area (Å²) in [5.74, 6) is 0. The molecule has 0 bridgehead atoms. The van der Waals surface area contributed by atoms with Crippen LogP contribution >= 0.6 is 11.6 Å². The third-order valence-electron chi connectivity index (χ3n) is 1.78. The predicted molar refractivity (Wildman–Crippen MR) is 59.3 cm³/mol. The number of hydrogen-bond acceptors (Lipinski definition) is 2. The summed E-state index contributed by atoms with van der Waals surface area (Å²) < 4.78 is 5.39. The van der Waals surface area contributed by atoms with Crippen molar-refractivity contribution in [3.8, 4) is 0 Å². The van der Waals surface area contributed by atoms with Crippen LogP contribution in [0.1, 0.15) is 5.56 Å². The van der Waals surface area contributed by atoms with E-state index in [1.54, 1.807) is 0 Å². The molecule has 0 amide bonds. The van der Waals surface area contributed by atoms with Crippen molar-refractivity contribution in [3.05, 3.63) is 47.0 Å². The summed E-state index contributed by atoms with van der Waals surface area (Å²) in [5.41, 5.74) is 7.37. The van der Waals surface area contributed by atoms with Crippen LogP contribution in [0.5, 0.6) is 0 Å². The average Bonchev–Trinajstić information content (AvgIpc) is 2.21. The fraction of sp³-hybridized carbons (Fsp3) is 0.273. The second-order valence-electron chi connectivity index (χ2n) is 3.07. The van der Waals surface area contributed by atoms with Crippen LogP contribution in [0.25, 0.3) is 0 Å². The van der Waals surface area contributed by atoms with E-state index in [4.69, 9.17) is 22.1 Å². The van der Waals surface area contributed by atoms with Crippen molar-refractivity contribution in [1.82, 2.24) is 0 Å². The van der Waals surface area contributed by atoms with E-state index >= 15 is 0 Å². The largest absolute Gasteiger partial charge is 0.372 e. The lowest BCUT2D eigenvalue weighted by Crippen LogP contribution is -2.07. The first kappa shape index (κ1) is 11.2. The van der Waals surface area contributed by atoms with Gasteiger partial charge in [0, 0.05) is 11.6 Å². The van der Waals surface area contributed by atoms with Gasteiger partial charge in [-0.3, -0.25) is 0 Å². The third kappa shape index (κ3) is 3.92. The highest BCUT2D eigenvalue weighted by Crippen LogP contribution is 2.10. The molecule has 0 unspecified atom stereocenters. The minimum Gasteiger partial charge on any atom is -0.372 e. The Morgan fingerprint density at radius 3 is 2.57 bits per heavy atom. The van der Waals surface area contributed by atoms with Gasteiger partial charge in [-0.05, 0) is 23.3 Å². The van der Waals surface area contributed by atoms with Gasteiger partial charge >= 0.3 is 0 Å². The fourth-order valence-electron chi connectivity index (χ4n) is 0.953. The highest BCUT2D eigenvalue weighted by Gasteiger charge is 1.94. The Morgan fingerprint density at radius 1 is 1.36 bits per heavy atom. The lowest BCUT2D eigenvalue weighted by molar-refractivity contribution is 0.142. The Hall–Kier alpha value is -0.830. The van der Waals surface area contributed by atoms with Crippen molar-refractivity contribution < 1.29 is 4.74 Å². The van der Waals surface area contributed by atoms with Crippen LogP contribution in [0.3, 0.4) is 0 Å². The average molecular weight is 212 g/mol. The Morgan fingerprint density at radius 2 is 2.00 bits per heavy atom. The zero-order chi connectivity index (χ0) is 10.4. The maximum absolute atomic E-state index is 5.75. The van der Waals surface area contributed by atoms with Crippen molar-refractivity contribution in [3.63, 3.8) is 0 Å². The fourth-order valence-corrected chi connectivity index (χ4v) is 1.08. The van der Waals surface area contributed by atoms with Gasteiger partial charge in [-0.15, -0.1) is 0 Å². The summed E-state index contributed by atoms with van der Waals surface area (Å²) in [6.45, 7) is 5.30. The van der Waals surface area contributed by atoms with Crippen LogP contribution in [0, 0.1) is 0 Å². The molecule has 2 nitrogen and oxygen atoms in total. The highest BCUT2D eigenvalue weighted by atomic mass is 35.5. The van der Waals surface area contributed by atoms with Crippen LogP contribution in [0.4, 0.5) is 0 Å². The van der Waals surface area contributed by atoms with E-state index in [9.17, 15) is 0 Å². The van der Waals surface area contributed by atoms with Crippen LogP contribution in [-0.2, 0) is 11.3 Å². The normalized spacial score (nSPS) is 10.1. The molecule has 1 aromatic rings. The topological polar surface area (TPSA) is 35.2 Å². The van der Waals surface area contributed by atoms with Gasteiger partial charge < -0.3 is 10.5 Å². The number of nitrogens with two attached hydrogens (primary N) is 1. The van der Waals surface area contributed by atoms with E-state index in [1.165, 1.54) is 0 Å². The summed E-state index contributed by atoms with van der Waals surface area (Å²) in [7, 11) is 0. The Kier molecular flexibility index (Phi) is 4.66. The lowest BCUT2D eigenvalue weighted by atomic mass is 10.2. The third-order valence-corrected chi connectivity index (χ3v) is 2.03. The summed E-state index contributed by atoms with van der Waals surface area (Å²) in [6.07, 6.45) is 0. The molecule has 14 heavy (non-hydrogen) atoms. The maximum Gasteiger partial charge on any atom is 0.0721 e. The number of rotatable bonds is 5. The molecule has 0 aliphatic heterocycles. The first-order valence-electron chi connectivity index (χ1n) is 4.41. The predicted octanol–water partition coefficient (Wildman–Crippen LogP) is 2.37.